The van der Waals surface area contributed by atoms with Crippen LogP contribution in [0.25, 0.3) is 0 Å². The highest BCUT2D eigenvalue weighted by Crippen LogP contribution is 2.47. The quantitative estimate of drug-likeness (QED) is 0.692. The molecule has 1 rings (SSSR count). The van der Waals surface area contributed by atoms with E-state index in [9.17, 15) is 0 Å². The molecule has 0 saturated heterocycles. The van der Waals surface area contributed by atoms with Crippen molar-refractivity contribution in [3.63, 3.8) is 0 Å². The Morgan fingerprint density at radius 2 is 2.13 bits per heavy atom. The summed E-state index contributed by atoms with van der Waals surface area (Å²) in [5.74, 6) is 0. The summed E-state index contributed by atoms with van der Waals surface area (Å²) < 4.78 is 0. The van der Waals surface area contributed by atoms with Crippen LogP contribution >= 0.6 is 0 Å². The number of nitriles is 1. The van der Waals surface area contributed by atoms with Gasteiger partial charge in [0.1, 0.15) is 0 Å². The summed E-state index contributed by atoms with van der Waals surface area (Å²) >= 11 is 0. The van der Waals surface area contributed by atoms with Crippen molar-refractivity contribution in [3.8, 4) is 6.07 Å². The van der Waals surface area contributed by atoms with E-state index in [4.69, 9.17) is 5.26 Å². The molecular formula is C12H23N3. The second kappa shape index (κ2) is 5.48. The second-order valence-corrected chi connectivity index (χ2v) is 5.21. The van der Waals surface area contributed by atoms with Crippen molar-refractivity contribution < 1.29 is 0 Å². The average molecular weight is 209 g/mol. The van der Waals surface area contributed by atoms with E-state index in [1.807, 2.05) is 0 Å². The first-order valence-corrected chi connectivity index (χ1v) is 5.83. The number of nitrogens with one attached hydrogen (secondary N) is 1. The molecule has 3 heteroatoms. The van der Waals surface area contributed by atoms with Crippen LogP contribution in [-0.4, -0.2) is 38.1 Å². The lowest BCUT2D eigenvalue weighted by molar-refractivity contribution is 0.349. The molecule has 0 spiro atoms. The monoisotopic (exact) mass is 209 g/mol. The van der Waals surface area contributed by atoms with Gasteiger partial charge in [0.2, 0.25) is 0 Å². The second-order valence-electron chi connectivity index (χ2n) is 5.21. The van der Waals surface area contributed by atoms with Gasteiger partial charge in [-0.15, -0.1) is 0 Å². The van der Waals surface area contributed by atoms with Crippen molar-refractivity contribution >= 4 is 0 Å². The van der Waals surface area contributed by atoms with Crippen molar-refractivity contribution in [3.05, 3.63) is 0 Å². The Morgan fingerprint density at radius 3 is 2.60 bits per heavy atom. The van der Waals surface area contributed by atoms with Crippen LogP contribution in [0.4, 0.5) is 0 Å². The first kappa shape index (κ1) is 12.5. The molecular weight excluding hydrogens is 186 g/mol. The molecule has 1 aliphatic carbocycles. The largest absolute Gasteiger partial charge is 0.314 e. The molecule has 0 aromatic rings. The summed E-state index contributed by atoms with van der Waals surface area (Å²) in [6.45, 7) is 4.38. The van der Waals surface area contributed by atoms with Crippen LogP contribution in [0.15, 0.2) is 0 Å². The highest BCUT2D eigenvalue weighted by Gasteiger charge is 2.42. The minimum atomic E-state index is 0.334. The number of rotatable bonds is 7. The van der Waals surface area contributed by atoms with Crippen LogP contribution < -0.4 is 5.32 Å². The van der Waals surface area contributed by atoms with E-state index in [0.717, 1.165) is 19.5 Å². The van der Waals surface area contributed by atoms with Gasteiger partial charge in [0.05, 0.1) is 6.07 Å². The zero-order chi connectivity index (χ0) is 11.3. The van der Waals surface area contributed by atoms with E-state index >= 15 is 0 Å². The van der Waals surface area contributed by atoms with Crippen LogP contribution in [0.2, 0.25) is 0 Å². The molecule has 0 radical (unpaired) electrons. The standard InChI is InChI=1S/C12H23N3/c1-11(4-9-15(2)3)14-10-12(5-6-12)7-8-13/h11,14H,4-7,9-10H2,1-3H3. The molecule has 0 aromatic carbocycles. The van der Waals surface area contributed by atoms with Crippen molar-refractivity contribution in [2.45, 2.75) is 38.6 Å². The molecule has 3 nitrogen and oxygen atoms in total. The van der Waals surface area contributed by atoms with Gasteiger partial charge in [-0.3, -0.25) is 0 Å². The van der Waals surface area contributed by atoms with E-state index in [2.05, 4.69) is 37.3 Å². The smallest absolute Gasteiger partial charge is 0.0628 e. The Balaban J connectivity index is 2.12. The molecule has 0 aromatic heterocycles. The predicted octanol–water partition coefficient (Wildman–Crippen LogP) is 1.61. The molecule has 1 atom stereocenters. The Bertz CT molecular complexity index is 226. The minimum Gasteiger partial charge on any atom is -0.314 e. The molecule has 15 heavy (non-hydrogen) atoms. The van der Waals surface area contributed by atoms with E-state index < -0.39 is 0 Å². The molecule has 1 N–H and O–H groups in total. The third kappa shape index (κ3) is 4.63. The van der Waals surface area contributed by atoms with Gasteiger partial charge in [-0.05, 0) is 52.2 Å². The van der Waals surface area contributed by atoms with Crippen molar-refractivity contribution in [1.82, 2.24) is 10.2 Å². The maximum absolute atomic E-state index is 8.70. The molecule has 0 heterocycles. The van der Waals surface area contributed by atoms with Gasteiger partial charge < -0.3 is 10.2 Å². The third-order valence-electron chi connectivity index (χ3n) is 3.25. The van der Waals surface area contributed by atoms with Crippen LogP contribution in [0, 0.1) is 16.7 Å². The Morgan fingerprint density at radius 1 is 1.47 bits per heavy atom. The van der Waals surface area contributed by atoms with Gasteiger partial charge in [0, 0.05) is 19.0 Å². The molecule has 1 fully saturated rings. The van der Waals surface area contributed by atoms with Crippen LogP contribution in [-0.2, 0) is 0 Å². The maximum atomic E-state index is 8.70. The molecule has 1 aliphatic rings. The van der Waals surface area contributed by atoms with Crippen molar-refractivity contribution in [2.75, 3.05) is 27.2 Å². The van der Waals surface area contributed by atoms with Gasteiger partial charge in [-0.1, -0.05) is 0 Å². The maximum Gasteiger partial charge on any atom is 0.0628 e. The number of hydrogen-bond acceptors (Lipinski definition) is 3. The highest BCUT2D eigenvalue weighted by atomic mass is 15.1. The summed E-state index contributed by atoms with van der Waals surface area (Å²) in [5.41, 5.74) is 0.334. The first-order valence-electron chi connectivity index (χ1n) is 5.83. The third-order valence-corrected chi connectivity index (χ3v) is 3.25. The van der Waals surface area contributed by atoms with Gasteiger partial charge in [-0.2, -0.15) is 5.26 Å². The van der Waals surface area contributed by atoms with Gasteiger partial charge in [0.15, 0.2) is 0 Å². The molecule has 0 amide bonds. The SMILES string of the molecule is CC(CCN(C)C)NCC1(CC#N)CC1. The summed E-state index contributed by atoms with van der Waals surface area (Å²) in [6, 6.07) is 2.86. The van der Waals surface area contributed by atoms with Gasteiger partial charge in [0.25, 0.3) is 0 Å². The molecule has 1 saturated carbocycles. The molecule has 0 bridgehead atoms. The van der Waals surface area contributed by atoms with E-state index in [1.165, 1.54) is 19.3 Å². The van der Waals surface area contributed by atoms with E-state index in [-0.39, 0.29) is 0 Å². The normalized spacial score (nSPS) is 19.9. The first-order chi connectivity index (χ1) is 7.08. The lowest BCUT2D eigenvalue weighted by Gasteiger charge is -2.19. The molecule has 86 valence electrons. The fraction of sp³-hybridized carbons (Fsp3) is 0.917. The summed E-state index contributed by atoms with van der Waals surface area (Å²) in [6.07, 6.45) is 4.36. The fourth-order valence-electron chi connectivity index (χ4n) is 1.71. The Labute approximate surface area is 93.5 Å². The topological polar surface area (TPSA) is 39.1 Å². The van der Waals surface area contributed by atoms with Crippen molar-refractivity contribution in [2.24, 2.45) is 5.41 Å². The van der Waals surface area contributed by atoms with Gasteiger partial charge >= 0.3 is 0 Å². The Kier molecular flexibility index (Phi) is 4.56. The summed E-state index contributed by atoms with van der Waals surface area (Å²) in [4.78, 5) is 2.21. The summed E-state index contributed by atoms with van der Waals surface area (Å²) in [7, 11) is 4.20. The highest BCUT2D eigenvalue weighted by molar-refractivity contribution is 5.00. The van der Waals surface area contributed by atoms with Crippen LogP contribution in [0.3, 0.4) is 0 Å². The molecule has 1 unspecified atom stereocenters. The average Bonchev–Trinajstić information content (AvgIpc) is 2.93. The zero-order valence-corrected chi connectivity index (χ0v) is 10.2. The zero-order valence-electron chi connectivity index (χ0n) is 10.2. The van der Waals surface area contributed by atoms with Crippen molar-refractivity contribution in [1.29, 1.82) is 5.26 Å². The van der Waals surface area contributed by atoms with Crippen LogP contribution in [0.5, 0.6) is 0 Å². The fourth-order valence-corrected chi connectivity index (χ4v) is 1.71. The predicted molar refractivity (Wildman–Crippen MR) is 62.5 cm³/mol. The number of hydrogen-bond donors (Lipinski definition) is 1. The lowest BCUT2D eigenvalue weighted by Crippen LogP contribution is -2.34. The Hall–Kier alpha value is -0.590. The molecule has 0 aliphatic heterocycles. The van der Waals surface area contributed by atoms with E-state index in [1.54, 1.807) is 0 Å². The van der Waals surface area contributed by atoms with E-state index in [0.29, 0.717) is 11.5 Å². The van der Waals surface area contributed by atoms with Crippen LogP contribution in [0.1, 0.15) is 32.6 Å². The number of nitrogens with zero attached hydrogens (tertiary/aromatic N) is 2. The lowest BCUT2D eigenvalue weighted by atomic mass is 10.0. The summed E-state index contributed by atoms with van der Waals surface area (Å²) in [5, 5.41) is 12.2. The van der Waals surface area contributed by atoms with Gasteiger partial charge in [-0.25, -0.2) is 0 Å². The minimum absolute atomic E-state index is 0.334.